The third-order valence-electron chi connectivity index (χ3n) is 6.26. The Hall–Kier alpha value is -2.52. The van der Waals surface area contributed by atoms with Crippen molar-refractivity contribution in [3.63, 3.8) is 0 Å². The molecule has 10 heteroatoms. The van der Waals surface area contributed by atoms with Crippen molar-refractivity contribution >= 4 is 74.8 Å². The zero-order valence-electron chi connectivity index (χ0n) is 21.1. The van der Waals surface area contributed by atoms with Crippen molar-refractivity contribution < 1.29 is 19.1 Å². The van der Waals surface area contributed by atoms with Crippen molar-refractivity contribution in [2.45, 2.75) is 55.6 Å². The van der Waals surface area contributed by atoms with E-state index >= 15 is 0 Å². The van der Waals surface area contributed by atoms with E-state index in [9.17, 15) is 14.4 Å². The molecule has 3 aromatic rings. The molecule has 0 saturated carbocycles. The van der Waals surface area contributed by atoms with E-state index in [1.807, 2.05) is 25.1 Å². The van der Waals surface area contributed by atoms with E-state index in [4.69, 9.17) is 27.9 Å². The largest absolute Gasteiger partial charge is 0.465 e. The highest BCUT2D eigenvalue weighted by Gasteiger charge is 2.28. The maximum Gasteiger partial charge on any atom is 0.341 e. The van der Waals surface area contributed by atoms with E-state index in [1.54, 1.807) is 18.2 Å². The highest BCUT2D eigenvalue weighted by Crippen LogP contribution is 2.39. The summed E-state index contributed by atoms with van der Waals surface area (Å²) in [6.45, 7) is 1.94. The van der Waals surface area contributed by atoms with Gasteiger partial charge in [-0.25, -0.2) is 4.79 Å². The smallest absolute Gasteiger partial charge is 0.341 e. The summed E-state index contributed by atoms with van der Waals surface area (Å²) >= 11 is 15.0. The Balaban J connectivity index is 1.48. The second kappa shape index (κ2) is 13.0. The number of fused-ring (bicyclic) bond motifs is 1. The third-order valence-corrected chi connectivity index (χ3v) is 9.37. The van der Waals surface area contributed by atoms with Crippen molar-refractivity contribution in [3.05, 3.63) is 74.1 Å². The highest BCUT2D eigenvalue weighted by atomic mass is 35.5. The van der Waals surface area contributed by atoms with Crippen LogP contribution in [0.2, 0.25) is 10.0 Å². The average molecular weight is 592 g/mol. The summed E-state index contributed by atoms with van der Waals surface area (Å²) in [5.74, 6) is -0.947. The minimum atomic E-state index is -0.412. The van der Waals surface area contributed by atoms with E-state index < -0.39 is 11.2 Å². The van der Waals surface area contributed by atoms with E-state index in [0.717, 1.165) is 47.4 Å². The summed E-state index contributed by atoms with van der Waals surface area (Å²) in [7, 11) is 1.37. The number of carbonyl (C=O) groups is 3. The number of thioether (sulfide) groups is 1. The normalized spacial score (nSPS) is 13.7. The number of halogens is 2. The molecule has 200 valence electrons. The van der Waals surface area contributed by atoms with Crippen molar-refractivity contribution in [1.29, 1.82) is 0 Å². The van der Waals surface area contributed by atoms with Gasteiger partial charge < -0.3 is 15.4 Å². The number of esters is 1. The minimum Gasteiger partial charge on any atom is -0.465 e. The lowest BCUT2D eigenvalue weighted by Gasteiger charge is -2.16. The van der Waals surface area contributed by atoms with E-state index in [2.05, 4.69) is 10.6 Å². The van der Waals surface area contributed by atoms with Crippen LogP contribution in [0, 0.1) is 0 Å². The summed E-state index contributed by atoms with van der Waals surface area (Å²) in [5, 5.41) is 6.74. The van der Waals surface area contributed by atoms with Gasteiger partial charge in [-0.1, -0.05) is 42.6 Å². The van der Waals surface area contributed by atoms with Gasteiger partial charge in [-0.3, -0.25) is 9.59 Å². The van der Waals surface area contributed by atoms with E-state index in [-0.39, 0.29) is 16.8 Å². The molecule has 38 heavy (non-hydrogen) atoms. The molecule has 4 rings (SSSR count). The Morgan fingerprint density at radius 1 is 1.05 bits per heavy atom. The first-order valence-corrected chi connectivity index (χ1v) is 14.8. The number of hydrogen-bond donors (Lipinski definition) is 2. The highest BCUT2D eigenvalue weighted by molar-refractivity contribution is 8.00. The molecule has 0 bridgehead atoms. The van der Waals surface area contributed by atoms with Gasteiger partial charge in [-0.05, 0) is 74.1 Å². The quantitative estimate of drug-likeness (QED) is 0.158. The van der Waals surface area contributed by atoms with E-state index in [0.29, 0.717) is 33.3 Å². The second-order valence-corrected chi connectivity index (χ2v) is 12.1. The molecular weight excluding hydrogens is 563 g/mol. The standard InChI is InChI=1S/C28H28Cl2N2O4S2/c1-3-22(26(34)32-27-24(28(35)36-2)20-10-5-4-6-11-23(20)38-27)37-18-9-7-8-17(15-18)31-25(33)19-13-12-16(29)14-21(19)30/h7-9,12-15,22H,3-6,10-11H2,1-2H3,(H,31,33)(H,32,34). The summed E-state index contributed by atoms with van der Waals surface area (Å²) < 4.78 is 5.06. The predicted octanol–water partition coefficient (Wildman–Crippen LogP) is 7.87. The molecular formula is C28H28Cl2N2O4S2. The van der Waals surface area contributed by atoms with Crippen LogP contribution in [-0.2, 0) is 22.4 Å². The first-order chi connectivity index (χ1) is 18.3. The molecule has 1 aliphatic carbocycles. The summed E-state index contributed by atoms with van der Waals surface area (Å²) in [6.07, 6.45) is 5.53. The second-order valence-electron chi connectivity index (χ2n) is 8.87. The number of methoxy groups -OCH3 is 1. The summed E-state index contributed by atoms with van der Waals surface area (Å²) in [5.41, 5.74) is 2.40. The van der Waals surface area contributed by atoms with Gasteiger partial charge >= 0.3 is 5.97 Å². The van der Waals surface area contributed by atoms with Gasteiger partial charge in [0.1, 0.15) is 5.00 Å². The molecule has 0 aliphatic heterocycles. The van der Waals surface area contributed by atoms with Crippen molar-refractivity contribution in [2.75, 3.05) is 17.7 Å². The van der Waals surface area contributed by atoms with E-state index in [1.165, 1.54) is 36.3 Å². The van der Waals surface area contributed by atoms with Crippen LogP contribution in [0.1, 0.15) is 63.8 Å². The lowest BCUT2D eigenvalue weighted by molar-refractivity contribution is -0.115. The van der Waals surface area contributed by atoms with Gasteiger partial charge in [-0.15, -0.1) is 23.1 Å². The molecule has 2 N–H and O–H groups in total. The van der Waals surface area contributed by atoms with Crippen LogP contribution in [0.3, 0.4) is 0 Å². The van der Waals surface area contributed by atoms with Crippen molar-refractivity contribution in [3.8, 4) is 0 Å². The molecule has 1 atom stereocenters. The molecule has 0 radical (unpaired) electrons. The van der Waals surface area contributed by atoms with Gasteiger partial charge in [0.05, 0.1) is 28.5 Å². The number of amides is 2. The number of hydrogen-bond acceptors (Lipinski definition) is 6. The molecule has 0 fully saturated rings. The van der Waals surface area contributed by atoms with Crippen LogP contribution in [0.25, 0.3) is 0 Å². The number of ether oxygens (including phenoxy) is 1. The first-order valence-electron chi connectivity index (χ1n) is 12.4. The molecule has 1 aromatic heterocycles. The number of thiophene rings is 1. The number of nitrogens with one attached hydrogen (secondary N) is 2. The molecule has 1 heterocycles. The molecule has 2 aromatic carbocycles. The molecule has 6 nitrogen and oxygen atoms in total. The van der Waals surface area contributed by atoms with Gasteiger partial charge in [0.2, 0.25) is 5.91 Å². The Bertz CT molecular complexity index is 1360. The number of benzene rings is 2. The van der Waals surface area contributed by atoms with Crippen molar-refractivity contribution in [2.24, 2.45) is 0 Å². The first kappa shape index (κ1) is 28.5. The van der Waals surface area contributed by atoms with Crippen LogP contribution in [0.15, 0.2) is 47.4 Å². The summed E-state index contributed by atoms with van der Waals surface area (Å²) in [4.78, 5) is 40.7. The fourth-order valence-corrected chi connectivity index (χ4v) is 7.13. The number of anilines is 2. The SMILES string of the molecule is CCC(Sc1cccc(NC(=O)c2ccc(Cl)cc2Cl)c1)C(=O)Nc1sc2c(c1C(=O)OC)CCCCC2. The predicted molar refractivity (Wildman–Crippen MR) is 156 cm³/mol. The van der Waals surface area contributed by atoms with Crippen LogP contribution in [0.4, 0.5) is 10.7 Å². The Morgan fingerprint density at radius 2 is 1.84 bits per heavy atom. The Labute approximate surface area is 240 Å². The molecule has 1 aliphatic rings. The van der Waals surface area contributed by atoms with Gasteiger partial charge in [-0.2, -0.15) is 0 Å². The number of aryl methyl sites for hydroxylation is 1. The zero-order valence-corrected chi connectivity index (χ0v) is 24.2. The van der Waals surface area contributed by atoms with Crippen LogP contribution >= 0.6 is 46.3 Å². The molecule has 0 saturated heterocycles. The maximum atomic E-state index is 13.3. The molecule has 1 unspecified atom stereocenters. The monoisotopic (exact) mass is 590 g/mol. The topological polar surface area (TPSA) is 84.5 Å². The maximum absolute atomic E-state index is 13.3. The van der Waals surface area contributed by atoms with Crippen LogP contribution < -0.4 is 10.6 Å². The third kappa shape index (κ3) is 6.72. The average Bonchev–Trinajstić information content (AvgIpc) is 3.06. The van der Waals surface area contributed by atoms with Gasteiger partial charge in [0.25, 0.3) is 5.91 Å². The zero-order chi connectivity index (χ0) is 27.2. The molecule has 0 spiro atoms. The van der Waals surface area contributed by atoms with Crippen LogP contribution in [0.5, 0.6) is 0 Å². The fraction of sp³-hybridized carbons (Fsp3) is 0.321. The summed E-state index contributed by atoms with van der Waals surface area (Å²) in [6, 6.07) is 12.0. The van der Waals surface area contributed by atoms with Gasteiger partial charge in [0.15, 0.2) is 0 Å². The van der Waals surface area contributed by atoms with Gasteiger partial charge in [0, 0.05) is 20.5 Å². The lowest BCUT2D eigenvalue weighted by Crippen LogP contribution is -2.25. The number of rotatable bonds is 8. The van der Waals surface area contributed by atoms with Crippen molar-refractivity contribution in [1.82, 2.24) is 0 Å². The lowest BCUT2D eigenvalue weighted by atomic mass is 10.1. The fourth-order valence-electron chi connectivity index (χ4n) is 4.35. The Morgan fingerprint density at radius 3 is 2.58 bits per heavy atom. The van der Waals surface area contributed by atoms with Crippen LogP contribution in [-0.4, -0.2) is 30.1 Å². The molecule has 2 amide bonds. The number of carbonyl (C=O) groups excluding carboxylic acids is 3. The minimum absolute atomic E-state index is 0.179. The Kier molecular flexibility index (Phi) is 9.76.